The maximum absolute atomic E-state index is 13.4. The van der Waals surface area contributed by atoms with Gasteiger partial charge in [-0.3, -0.25) is 4.79 Å². The average Bonchev–Trinajstić information content (AvgIpc) is 2.81. The maximum Gasteiger partial charge on any atom is 0.164 e. The van der Waals surface area contributed by atoms with Gasteiger partial charge in [-0.1, -0.05) is 88.0 Å². The first kappa shape index (κ1) is 17.2. The van der Waals surface area contributed by atoms with Crippen LogP contribution in [-0.2, 0) is 0 Å². The fraction of sp³-hybridized carbons (Fsp3) is 0.409. The molecule has 2 aromatic rings. The molecule has 2 heteroatoms. The first-order valence-electron chi connectivity index (χ1n) is 8.84. The zero-order chi connectivity index (χ0) is 17.7. The van der Waals surface area contributed by atoms with Gasteiger partial charge < -0.3 is 0 Å². The standard InChI is InChI=1S/C22H28OSi/c1-15-11-13-16(14-12-15)19-17-9-7-8-10-18(17)20(23)21(19)24(5,6)22(2,3)4/h7-14,19,21H,1-6H3/t19-,21+/m1/s1. The van der Waals surface area contributed by atoms with Crippen LogP contribution in [0.5, 0.6) is 0 Å². The number of hydrogen-bond acceptors (Lipinski definition) is 1. The minimum atomic E-state index is -1.84. The topological polar surface area (TPSA) is 17.1 Å². The SMILES string of the molecule is Cc1ccc([C@@H]2c3ccccc3C(=O)[C@H]2[Si](C)(C)C(C)(C)C)cc1. The van der Waals surface area contributed by atoms with Crippen molar-refractivity contribution in [3.63, 3.8) is 0 Å². The molecular formula is C22H28OSi. The van der Waals surface area contributed by atoms with Gasteiger partial charge in [0.1, 0.15) is 0 Å². The van der Waals surface area contributed by atoms with Gasteiger partial charge in [-0.05, 0) is 23.1 Å². The average molecular weight is 337 g/mol. The Morgan fingerprint density at radius 3 is 2.08 bits per heavy atom. The molecule has 2 atom stereocenters. The van der Waals surface area contributed by atoms with Crippen molar-refractivity contribution in [2.45, 2.75) is 57.3 Å². The summed E-state index contributed by atoms with van der Waals surface area (Å²) in [6.07, 6.45) is 0. The van der Waals surface area contributed by atoms with Crippen LogP contribution in [0, 0.1) is 6.92 Å². The highest BCUT2D eigenvalue weighted by atomic mass is 28.3. The fourth-order valence-electron chi connectivity index (χ4n) is 3.85. The molecule has 0 heterocycles. The highest BCUT2D eigenvalue weighted by molar-refractivity contribution is 6.85. The first-order chi connectivity index (χ1) is 11.1. The Kier molecular flexibility index (Phi) is 4.07. The summed E-state index contributed by atoms with van der Waals surface area (Å²) in [4.78, 5) is 13.4. The van der Waals surface area contributed by atoms with E-state index in [1.807, 2.05) is 12.1 Å². The van der Waals surface area contributed by atoms with Crippen LogP contribution in [0.4, 0.5) is 0 Å². The molecule has 1 aliphatic rings. The summed E-state index contributed by atoms with van der Waals surface area (Å²) in [7, 11) is -1.84. The molecule has 0 N–H and O–H groups in total. The molecule has 24 heavy (non-hydrogen) atoms. The molecule has 0 spiro atoms. The van der Waals surface area contributed by atoms with Crippen molar-refractivity contribution in [3.05, 3.63) is 70.8 Å². The molecule has 0 bridgehead atoms. The zero-order valence-electron chi connectivity index (χ0n) is 15.7. The molecule has 0 saturated carbocycles. The number of benzene rings is 2. The lowest BCUT2D eigenvalue weighted by Crippen LogP contribution is -2.45. The van der Waals surface area contributed by atoms with Crippen molar-refractivity contribution in [2.24, 2.45) is 0 Å². The lowest BCUT2D eigenvalue weighted by atomic mass is 9.92. The van der Waals surface area contributed by atoms with Crippen LogP contribution in [-0.4, -0.2) is 13.9 Å². The molecule has 3 rings (SSSR count). The summed E-state index contributed by atoms with van der Waals surface area (Å²) in [6, 6.07) is 17.0. The monoisotopic (exact) mass is 336 g/mol. The van der Waals surface area contributed by atoms with Crippen molar-refractivity contribution in [3.8, 4) is 0 Å². The van der Waals surface area contributed by atoms with Gasteiger partial charge in [0.05, 0.1) is 8.07 Å². The third-order valence-electron chi connectivity index (χ3n) is 6.32. The first-order valence-corrected chi connectivity index (χ1v) is 11.9. The van der Waals surface area contributed by atoms with E-state index < -0.39 is 8.07 Å². The highest BCUT2D eigenvalue weighted by Gasteiger charge is 2.53. The largest absolute Gasteiger partial charge is 0.294 e. The van der Waals surface area contributed by atoms with E-state index in [9.17, 15) is 4.79 Å². The molecule has 0 aliphatic heterocycles. The third kappa shape index (κ3) is 2.57. The quantitative estimate of drug-likeness (QED) is 0.596. The summed E-state index contributed by atoms with van der Waals surface area (Å²) in [6.45, 7) is 13.8. The van der Waals surface area contributed by atoms with Crippen LogP contribution in [0.15, 0.2) is 48.5 Å². The second kappa shape index (κ2) is 5.70. The van der Waals surface area contributed by atoms with E-state index in [0.717, 1.165) is 5.56 Å². The van der Waals surface area contributed by atoms with Crippen LogP contribution in [0.2, 0.25) is 23.7 Å². The Morgan fingerprint density at radius 2 is 1.50 bits per heavy atom. The number of hydrogen-bond donors (Lipinski definition) is 0. The number of rotatable bonds is 2. The van der Waals surface area contributed by atoms with E-state index in [4.69, 9.17) is 0 Å². The lowest BCUT2D eigenvalue weighted by molar-refractivity contribution is 0.0987. The van der Waals surface area contributed by atoms with Gasteiger partial charge in [0, 0.05) is 17.0 Å². The van der Waals surface area contributed by atoms with Crippen LogP contribution in [0.25, 0.3) is 0 Å². The smallest absolute Gasteiger partial charge is 0.164 e. The zero-order valence-corrected chi connectivity index (χ0v) is 16.7. The summed E-state index contributed by atoms with van der Waals surface area (Å²) in [5.41, 5.74) is 4.82. The molecule has 1 aliphatic carbocycles. The summed E-state index contributed by atoms with van der Waals surface area (Å²) in [5, 5.41) is 0.179. The normalized spacial score (nSPS) is 21.0. The van der Waals surface area contributed by atoms with E-state index in [0.29, 0.717) is 5.78 Å². The molecule has 0 aromatic heterocycles. The van der Waals surface area contributed by atoms with Crippen molar-refractivity contribution in [1.29, 1.82) is 0 Å². The van der Waals surface area contributed by atoms with Crippen LogP contribution in [0.3, 0.4) is 0 Å². The van der Waals surface area contributed by atoms with E-state index in [2.05, 4.69) is 77.2 Å². The van der Waals surface area contributed by atoms with E-state index >= 15 is 0 Å². The Bertz CT molecular complexity index is 765. The summed E-state index contributed by atoms with van der Waals surface area (Å²) >= 11 is 0. The Hall–Kier alpha value is -1.67. The number of Topliss-reactive ketones (excluding diaryl/α,β-unsaturated/α-hetero) is 1. The van der Waals surface area contributed by atoms with Gasteiger partial charge in [0.15, 0.2) is 5.78 Å². The number of fused-ring (bicyclic) bond motifs is 1. The fourth-order valence-corrected chi connectivity index (χ4v) is 6.80. The molecule has 1 nitrogen and oxygen atoms in total. The van der Waals surface area contributed by atoms with E-state index in [-0.39, 0.29) is 16.5 Å². The second-order valence-electron chi connectivity index (χ2n) is 8.79. The Morgan fingerprint density at radius 1 is 0.917 bits per heavy atom. The van der Waals surface area contributed by atoms with Crippen molar-refractivity contribution in [2.75, 3.05) is 0 Å². The molecule has 0 radical (unpaired) electrons. The molecule has 0 unspecified atom stereocenters. The molecule has 2 aromatic carbocycles. The number of carbonyl (C=O) groups excluding carboxylic acids is 1. The van der Waals surface area contributed by atoms with Crippen LogP contribution >= 0.6 is 0 Å². The molecule has 0 saturated heterocycles. The second-order valence-corrected chi connectivity index (χ2v) is 14.4. The number of aryl methyl sites for hydroxylation is 1. The van der Waals surface area contributed by atoms with Crippen molar-refractivity contribution >= 4 is 13.9 Å². The third-order valence-corrected chi connectivity index (χ3v) is 12.3. The molecule has 0 amide bonds. The minimum Gasteiger partial charge on any atom is -0.294 e. The van der Waals surface area contributed by atoms with Crippen LogP contribution in [0.1, 0.15) is 53.7 Å². The Balaban J connectivity index is 2.20. The Labute approximate surface area is 147 Å². The van der Waals surface area contributed by atoms with E-state index in [1.165, 1.54) is 16.7 Å². The summed E-state index contributed by atoms with van der Waals surface area (Å²) < 4.78 is 0. The minimum absolute atomic E-state index is 0.109. The summed E-state index contributed by atoms with van der Waals surface area (Å²) in [5.74, 6) is 0.568. The molecule has 126 valence electrons. The van der Waals surface area contributed by atoms with Gasteiger partial charge in [-0.25, -0.2) is 0 Å². The highest BCUT2D eigenvalue weighted by Crippen LogP contribution is 2.56. The number of ketones is 1. The van der Waals surface area contributed by atoms with Crippen LogP contribution < -0.4 is 0 Å². The predicted octanol–water partition coefficient (Wildman–Crippen LogP) is 6.20. The van der Waals surface area contributed by atoms with Gasteiger partial charge in [0.2, 0.25) is 0 Å². The van der Waals surface area contributed by atoms with Crippen molar-refractivity contribution in [1.82, 2.24) is 0 Å². The number of carbonyl (C=O) groups is 1. The van der Waals surface area contributed by atoms with Gasteiger partial charge in [0.25, 0.3) is 0 Å². The van der Waals surface area contributed by atoms with Gasteiger partial charge in [-0.15, -0.1) is 0 Å². The van der Waals surface area contributed by atoms with Gasteiger partial charge >= 0.3 is 0 Å². The lowest BCUT2D eigenvalue weighted by Gasteiger charge is -2.43. The molecular weight excluding hydrogens is 308 g/mol. The van der Waals surface area contributed by atoms with Gasteiger partial charge in [-0.2, -0.15) is 0 Å². The predicted molar refractivity (Wildman–Crippen MR) is 105 cm³/mol. The van der Waals surface area contributed by atoms with E-state index in [1.54, 1.807) is 0 Å². The molecule has 0 fully saturated rings. The maximum atomic E-state index is 13.4. The van der Waals surface area contributed by atoms with Crippen molar-refractivity contribution < 1.29 is 4.79 Å².